The fourth-order valence-electron chi connectivity index (χ4n) is 3.79. The van der Waals surface area contributed by atoms with Gasteiger partial charge in [-0.05, 0) is 48.4 Å². The van der Waals surface area contributed by atoms with Crippen molar-refractivity contribution in [1.29, 1.82) is 0 Å². The van der Waals surface area contributed by atoms with Crippen molar-refractivity contribution >= 4 is 21.9 Å². The lowest BCUT2D eigenvalue weighted by Gasteiger charge is -2.05. The Morgan fingerprint density at radius 2 is 1.90 bits per heavy atom. The van der Waals surface area contributed by atoms with Crippen LogP contribution in [0.5, 0.6) is 0 Å². The number of aromatic amines is 2. The number of hydrogen-bond donors (Lipinski definition) is 2. The van der Waals surface area contributed by atoms with Gasteiger partial charge in [0, 0.05) is 35.1 Å². The number of rotatable bonds is 3. The number of pyridine rings is 2. The Bertz CT molecular complexity index is 1510. The first-order chi connectivity index (χ1) is 14.8. The fourth-order valence-corrected chi connectivity index (χ4v) is 3.79. The zero-order chi connectivity index (χ0) is 20.1. The molecule has 0 radical (unpaired) electrons. The van der Waals surface area contributed by atoms with E-state index in [1.54, 1.807) is 24.9 Å². The van der Waals surface area contributed by atoms with Crippen LogP contribution in [-0.4, -0.2) is 30.1 Å². The minimum atomic E-state index is 0.689. The highest BCUT2D eigenvalue weighted by Gasteiger charge is 2.17. The smallest absolute Gasteiger partial charge is 0.159 e. The van der Waals surface area contributed by atoms with Gasteiger partial charge in [-0.25, -0.2) is 4.98 Å². The summed E-state index contributed by atoms with van der Waals surface area (Å²) < 4.78 is 5.22. The molecular formula is C23H16N6O. The van der Waals surface area contributed by atoms with Gasteiger partial charge in [-0.15, -0.1) is 0 Å². The zero-order valence-electron chi connectivity index (χ0n) is 16.0. The second-order valence-electron chi connectivity index (χ2n) is 7.18. The molecule has 0 atom stereocenters. The third-order valence-electron chi connectivity index (χ3n) is 5.33. The summed E-state index contributed by atoms with van der Waals surface area (Å²) in [6, 6.07) is 12.0. The maximum absolute atomic E-state index is 5.22. The number of nitrogens with one attached hydrogen (secondary N) is 2. The highest BCUT2D eigenvalue weighted by Crippen LogP contribution is 2.32. The van der Waals surface area contributed by atoms with Gasteiger partial charge in [0.05, 0.1) is 23.6 Å². The predicted molar refractivity (Wildman–Crippen MR) is 115 cm³/mol. The first kappa shape index (κ1) is 16.7. The summed E-state index contributed by atoms with van der Waals surface area (Å²) >= 11 is 0. The summed E-state index contributed by atoms with van der Waals surface area (Å²) in [6.07, 6.45) is 8.76. The van der Waals surface area contributed by atoms with Crippen LogP contribution < -0.4 is 0 Å². The molecule has 30 heavy (non-hydrogen) atoms. The molecule has 0 saturated carbocycles. The van der Waals surface area contributed by atoms with Crippen LogP contribution in [0.15, 0.2) is 71.9 Å². The van der Waals surface area contributed by atoms with Gasteiger partial charge in [-0.2, -0.15) is 5.10 Å². The van der Waals surface area contributed by atoms with Crippen molar-refractivity contribution in [3.8, 4) is 33.9 Å². The normalized spacial score (nSPS) is 11.5. The molecule has 2 N–H and O–H groups in total. The molecule has 0 aliphatic heterocycles. The van der Waals surface area contributed by atoms with Gasteiger partial charge in [-0.3, -0.25) is 15.1 Å². The fraction of sp³-hybridized carbons (Fsp3) is 0.0435. The summed E-state index contributed by atoms with van der Waals surface area (Å²) in [4.78, 5) is 17.0. The molecule has 5 heterocycles. The summed E-state index contributed by atoms with van der Waals surface area (Å²) in [6.45, 7) is 2.08. The minimum Gasteiger partial charge on any atom is -0.472 e. The van der Waals surface area contributed by atoms with Gasteiger partial charge in [-0.1, -0.05) is 6.07 Å². The summed E-state index contributed by atoms with van der Waals surface area (Å²) in [5.74, 6) is 0.689. The number of aryl methyl sites for hydroxylation is 1. The van der Waals surface area contributed by atoms with E-state index in [1.807, 2.05) is 30.5 Å². The standard InChI is InChI=1S/C23H16N6O/c1-13-4-7-24-11-17(13)14-2-3-18-16(10-14)21(29-28-18)23-26-19-5-8-25-20(22(19)27-23)15-6-9-30-12-15/h2-12H,1H3,(H,26,27)(H,28,29). The van der Waals surface area contributed by atoms with E-state index in [4.69, 9.17) is 9.40 Å². The Morgan fingerprint density at radius 3 is 2.77 bits per heavy atom. The first-order valence-electron chi connectivity index (χ1n) is 9.55. The van der Waals surface area contributed by atoms with Crippen LogP contribution in [-0.2, 0) is 0 Å². The zero-order valence-corrected chi connectivity index (χ0v) is 16.0. The molecule has 7 nitrogen and oxygen atoms in total. The van der Waals surface area contributed by atoms with E-state index in [1.165, 1.54) is 5.56 Å². The van der Waals surface area contributed by atoms with Gasteiger partial charge < -0.3 is 9.40 Å². The topological polar surface area (TPSA) is 96.3 Å². The predicted octanol–water partition coefficient (Wildman–Crippen LogP) is 5.13. The van der Waals surface area contributed by atoms with Crippen LogP contribution in [0.2, 0.25) is 0 Å². The van der Waals surface area contributed by atoms with Crippen molar-refractivity contribution in [1.82, 2.24) is 30.1 Å². The lowest BCUT2D eigenvalue weighted by atomic mass is 10.0. The quantitative estimate of drug-likeness (QED) is 0.435. The third-order valence-corrected chi connectivity index (χ3v) is 5.33. The van der Waals surface area contributed by atoms with Gasteiger partial charge >= 0.3 is 0 Å². The van der Waals surface area contributed by atoms with Crippen molar-refractivity contribution in [2.24, 2.45) is 0 Å². The number of nitrogens with zero attached hydrogens (tertiary/aromatic N) is 4. The Balaban J connectivity index is 1.53. The van der Waals surface area contributed by atoms with E-state index in [0.717, 1.165) is 50.0 Å². The molecule has 6 aromatic rings. The highest BCUT2D eigenvalue weighted by atomic mass is 16.3. The van der Waals surface area contributed by atoms with E-state index in [2.05, 4.69) is 44.2 Å². The number of imidazole rings is 1. The second kappa shape index (κ2) is 6.38. The minimum absolute atomic E-state index is 0.689. The van der Waals surface area contributed by atoms with E-state index in [0.29, 0.717) is 5.82 Å². The van der Waals surface area contributed by atoms with E-state index in [-0.39, 0.29) is 0 Å². The van der Waals surface area contributed by atoms with Crippen molar-refractivity contribution in [2.75, 3.05) is 0 Å². The molecule has 144 valence electrons. The van der Waals surface area contributed by atoms with Crippen LogP contribution in [0.3, 0.4) is 0 Å². The van der Waals surface area contributed by atoms with Crippen LogP contribution in [0.25, 0.3) is 55.8 Å². The number of hydrogen-bond acceptors (Lipinski definition) is 5. The van der Waals surface area contributed by atoms with Crippen molar-refractivity contribution in [2.45, 2.75) is 6.92 Å². The Hall–Kier alpha value is -4.26. The van der Waals surface area contributed by atoms with Crippen LogP contribution in [0.4, 0.5) is 0 Å². The first-order valence-corrected chi connectivity index (χ1v) is 9.55. The molecule has 0 spiro atoms. The summed E-state index contributed by atoms with van der Waals surface area (Å²) in [5.41, 5.74) is 8.42. The Morgan fingerprint density at radius 1 is 0.933 bits per heavy atom. The molecule has 5 aromatic heterocycles. The van der Waals surface area contributed by atoms with Gasteiger partial charge in [0.15, 0.2) is 5.82 Å². The number of fused-ring (bicyclic) bond motifs is 2. The maximum atomic E-state index is 5.22. The summed E-state index contributed by atoms with van der Waals surface area (Å²) in [5, 5.41) is 8.64. The number of benzene rings is 1. The van der Waals surface area contributed by atoms with Crippen LogP contribution >= 0.6 is 0 Å². The second-order valence-corrected chi connectivity index (χ2v) is 7.18. The average molecular weight is 392 g/mol. The lowest BCUT2D eigenvalue weighted by Crippen LogP contribution is -1.86. The Labute approximate surface area is 170 Å². The lowest BCUT2D eigenvalue weighted by molar-refractivity contribution is 0.568. The van der Waals surface area contributed by atoms with Crippen molar-refractivity contribution < 1.29 is 4.42 Å². The van der Waals surface area contributed by atoms with Crippen molar-refractivity contribution in [3.05, 3.63) is 73.1 Å². The molecule has 0 saturated heterocycles. The molecule has 0 bridgehead atoms. The molecule has 0 amide bonds. The van der Waals surface area contributed by atoms with E-state index in [9.17, 15) is 0 Å². The molecule has 1 aromatic carbocycles. The molecule has 0 aliphatic carbocycles. The van der Waals surface area contributed by atoms with Gasteiger partial charge in [0.1, 0.15) is 16.9 Å². The number of H-pyrrole nitrogens is 2. The molecular weight excluding hydrogens is 376 g/mol. The number of furan rings is 1. The van der Waals surface area contributed by atoms with Crippen LogP contribution in [0.1, 0.15) is 5.56 Å². The number of aromatic nitrogens is 6. The SMILES string of the molecule is Cc1ccncc1-c1ccc2[nH]nc(-c3nc4c(-c5ccoc5)nccc4[nH]3)c2c1. The van der Waals surface area contributed by atoms with Gasteiger partial charge in [0.2, 0.25) is 0 Å². The maximum Gasteiger partial charge on any atom is 0.159 e. The molecule has 0 fully saturated rings. The van der Waals surface area contributed by atoms with Crippen molar-refractivity contribution in [3.63, 3.8) is 0 Å². The summed E-state index contributed by atoms with van der Waals surface area (Å²) in [7, 11) is 0. The average Bonchev–Trinajstić information content (AvgIpc) is 3.51. The van der Waals surface area contributed by atoms with E-state index < -0.39 is 0 Å². The molecule has 7 heteroatoms. The largest absolute Gasteiger partial charge is 0.472 e. The molecule has 6 rings (SSSR count). The third kappa shape index (κ3) is 2.52. The molecule has 0 unspecified atom stereocenters. The Kier molecular flexibility index (Phi) is 3.55. The highest BCUT2D eigenvalue weighted by molar-refractivity contribution is 5.97. The van der Waals surface area contributed by atoms with Gasteiger partial charge in [0.25, 0.3) is 0 Å². The van der Waals surface area contributed by atoms with E-state index >= 15 is 0 Å². The molecule has 0 aliphatic rings. The monoisotopic (exact) mass is 392 g/mol. The van der Waals surface area contributed by atoms with Crippen LogP contribution in [0, 0.1) is 6.92 Å².